The number of nitrogens with one attached hydrogen (secondary N) is 1. The molecule has 0 aliphatic carbocycles. The van der Waals surface area contributed by atoms with E-state index >= 15 is 0 Å². The molecule has 38 heavy (non-hydrogen) atoms. The fraction of sp³-hybridized carbons (Fsp3) is 0.333. The first-order valence-corrected chi connectivity index (χ1v) is 12.4. The highest BCUT2D eigenvalue weighted by Gasteiger charge is 2.26. The quantitative estimate of drug-likeness (QED) is 0.380. The Morgan fingerprint density at radius 1 is 0.921 bits per heavy atom. The van der Waals surface area contributed by atoms with Crippen molar-refractivity contribution in [3.63, 3.8) is 0 Å². The van der Waals surface area contributed by atoms with E-state index < -0.39 is 0 Å². The van der Waals surface area contributed by atoms with E-state index in [-0.39, 0.29) is 6.03 Å². The average molecular weight is 518 g/mol. The molecule has 2 amide bonds. The molecule has 11 nitrogen and oxygen atoms in total. The van der Waals surface area contributed by atoms with Gasteiger partial charge in [0.1, 0.15) is 17.9 Å². The molecule has 0 saturated carbocycles. The number of anilines is 1. The molecule has 0 unspecified atom stereocenters. The predicted molar refractivity (Wildman–Crippen MR) is 143 cm³/mol. The van der Waals surface area contributed by atoms with Crippen LogP contribution in [0.1, 0.15) is 5.56 Å². The third-order valence-electron chi connectivity index (χ3n) is 6.69. The van der Waals surface area contributed by atoms with Crippen molar-refractivity contribution < 1.29 is 19.0 Å². The molecule has 11 heteroatoms. The number of rotatable bonds is 8. The first-order valence-electron chi connectivity index (χ1n) is 12.4. The summed E-state index contributed by atoms with van der Waals surface area (Å²) in [7, 11) is 4.87. The summed E-state index contributed by atoms with van der Waals surface area (Å²) in [6, 6.07) is 13.6. The number of nitrogens with zero attached hydrogens (tertiary/aromatic N) is 6. The molecule has 2 aromatic carbocycles. The number of ether oxygens (including phenoxy) is 3. The van der Waals surface area contributed by atoms with Crippen molar-refractivity contribution in [1.29, 1.82) is 0 Å². The summed E-state index contributed by atoms with van der Waals surface area (Å²) in [5.74, 6) is 3.49. The lowest BCUT2D eigenvalue weighted by Gasteiger charge is -2.36. The van der Waals surface area contributed by atoms with Gasteiger partial charge in [-0.1, -0.05) is 18.2 Å². The third-order valence-corrected chi connectivity index (χ3v) is 6.69. The second-order valence-electron chi connectivity index (χ2n) is 8.84. The Kier molecular flexibility index (Phi) is 7.43. The van der Waals surface area contributed by atoms with Gasteiger partial charge in [-0.3, -0.25) is 0 Å². The van der Waals surface area contributed by atoms with E-state index in [0.29, 0.717) is 50.0 Å². The summed E-state index contributed by atoms with van der Waals surface area (Å²) in [6.07, 6.45) is 4.06. The standard InChI is InChI=1S/C27H31N7O4/c1-36-21-7-4-19(5-8-21)10-11-28-27(35)33-14-12-32(13-15-33)25-22(17-29-26-30-18-31-34(25)26)20-6-9-23(37-2)24(16-20)38-3/h4-9,16-18H,10-15H2,1-3H3,(H,28,35). The van der Waals surface area contributed by atoms with Gasteiger partial charge in [-0.15, -0.1) is 0 Å². The van der Waals surface area contributed by atoms with Gasteiger partial charge in [0, 0.05) is 44.5 Å². The van der Waals surface area contributed by atoms with Gasteiger partial charge in [0.25, 0.3) is 5.78 Å². The lowest BCUT2D eigenvalue weighted by Crippen LogP contribution is -2.52. The molecule has 0 radical (unpaired) electrons. The summed E-state index contributed by atoms with van der Waals surface area (Å²) in [5.41, 5.74) is 2.95. The number of carbonyl (C=O) groups excluding carboxylic acids is 1. The van der Waals surface area contributed by atoms with Crippen molar-refractivity contribution in [2.45, 2.75) is 6.42 Å². The summed E-state index contributed by atoms with van der Waals surface area (Å²) < 4.78 is 17.9. The van der Waals surface area contributed by atoms with Gasteiger partial charge in [0.15, 0.2) is 11.5 Å². The molecule has 5 rings (SSSR count). The van der Waals surface area contributed by atoms with Crippen molar-refractivity contribution in [2.24, 2.45) is 0 Å². The first-order chi connectivity index (χ1) is 18.6. The number of piperazine rings is 1. The summed E-state index contributed by atoms with van der Waals surface area (Å²) >= 11 is 0. The van der Waals surface area contributed by atoms with E-state index in [0.717, 1.165) is 34.7 Å². The van der Waals surface area contributed by atoms with E-state index in [1.165, 1.54) is 6.33 Å². The molecule has 0 bridgehead atoms. The molecular weight excluding hydrogens is 486 g/mol. The Bertz CT molecular complexity index is 1400. The Labute approximate surface area is 221 Å². The monoisotopic (exact) mass is 517 g/mol. The smallest absolute Gasteiger partial charge is 0.317 e. The molecule has 1 fully saturated rings. The van der Waals surface area contributed by atoms with E-state index in [9.17, 15) is 4.79 Å². The molecule has 1 aliphatic rings. The van der Waals surface area contributed by atoms with E-state index in [4.69, 9.17) is 14.2 Å². The molecule has 0 spiro atoms. The van der Waals surface area contributed by atoms with Gasteiger partial charge in [-0.25, -0.2) is 9.78 Å². The lowest BCUT2D eigenvalue weighted by atomic mass is 10.1. The maximum absolute atomic E-state index is 12.8. The third kappa shape index (κ3) is 5.13. The SMILES string of the molecule is COc1ccc(CCNC(=O)N2CCN(c3c(-c4ccc(OC)c(OC)c4)cnc4ncnn34)CC2)cc1. The van der Waals surface area contributed by atoms with E-state index in [1.807, 2.05) is 47.4 Å². The van der Waals surface area contributed by atoms with Crippen LogP contribution in [-0.4, -0.2) is 84.6 Å². The Morgan fingerprint density at radius 2 is 1.68 bits per heavy atom. The maximum Gasteiger partial charge on any atom is 0.317 e. The van der Waals surface area contributed by atoms with Crippen LogP contribution in [0.5, 0.6) is 17.2 Å². The fourth-order valence-corrected chi connectivity index (χ4v) is 4.62. The van der Waals surface area contributed by atoms with Crippen LogP contribution in [0, 0.1) is 0 Å². The predicted octanol–water partition coefficient (Wildman–Crippen LogP) is 2.89. The number of carbonyl (C=O) groups is 1. The van der Waals surface area contributed by atoms with Gasteiger partial charge in [-0.2, -0.15) is 14.6 Å². The summed E-state index contributed by atoms with van der Waals surface area (Å²) in [5, 5.41) is 7.48. The Morgan fingerprint density at radius 3 is 2.39 bits per heavy atom. The zero-order chi connectivity index (χ0) is 26.5. The number of hydrogen-bond acceptors (Lipinski definition) is 8. The number of urea groups is 1. The van der Waals surface area contributed by atoms with Crippen LogP contribution in [-0.2, 0) is 6.42 Å². The molecular formula is C27H31N7O4. The van der Waals surface area contributed by atoms with Gasteiger partial charge < -0.3 is 29.3 Å². The highest BCUT2D eigenvalue weighted by molar-refractivity contribution is 5.79. The van der Waals surface area contributed by atoms with Gasteiger partial charge in [0.2, 0.25) is 0 Å². The fourth-order valence-electron chi connectivity index (χ4n) is 4.62. The normalized spacial score (nSPS) is 13.4. The minimum absolute atomic E-state index is 0.0566. The molecule has 198 valence electrons. The minimum Gasteiger partial charge on any atom is -0.497 e. The minimum atomic E-state index is -0.0566. The van der Waals surface area contributed by atoms with Crippen LogP contribution in [0.25, 0.3) is 16.9 Å². The molecule has 1 saturated heterocycles. The Hall–Kier alpha value is -4.54. The van der Waals surface area contributed by atoms with Crippen LogP contribution < -0.4 is 24.4 Å². The molecule has 1 N–H and O–H groups in total. The zero-order valence-electron chi connectivity index (χ0n) is 21.8. The maximum atomic E-state index is 12.8. The molecule has 0 atom stereocenters. The van der Waals surface area contributed by atoms with Crippen LogP contribution in [0.15, 0.2) is 55.0 Å². The molecule has 2 aromatic heterocycles. The average Bonchev–Trinajstić information content (AvgIpc) is 3.46. The molecule has 1 aliphatic heterocycles. The second kappa shape index (κ2) is 11.2. The van der Waals surface area contributed by atoms with E-state index in [2.05, 4.69) is 25.3 Å². The number of aromatic nitrogens is 4. The largest absolute Gasteiger partial charge is 0.497 e. The van der Waals surface area contributed by atoms with Gasteiger partial charge in [-0.05, 0) is 41.8 Å². The topological polar surface area (TPSA) is 106 Å². The summed E-state index contributed by atoms with van der Waals surface area (Å²) in [4.78, 5) is 25.7. The van der Waals surface area contributed by atoms with Crippen LogP contribution in [0.2, 0.25) is 0 Å². The lowest BCUT2D eigenvalue weighted by molar-refractivity contribution is 0.194. The van der Waals surface area contributed by atoms with Crippen molar-refractivity contribution >= 4 is 17.6 Å². The van der Waals surface area contributed by atoms with Crippen molar-refractivity contribution in [1.82, 2.24) is 29.8 Å². The summed E-state index contributed by atoms with van der Waals surface area (Å²) in [6.45, 7) is 3.02. The van der Waals surface area contributed by atoms with Crippen molar-refractivity contribution in [3.8, 4) is 28.4 Å². The van der Waals surface area contributed by atoms with Crippen molar-refractivity contribution in [2.75, 3.05) is 59.0 Å². The number of hydrogen-bond donors (Lipinski definition) is 1. The molecule has 3 heterocycles. The number of methoxy groups -OCH3 is 3. The zero-order valence-corrected chi connectivity index (χ0v) is 21.8. The van der Waals surface area contributed by atoms with Crippen molar-refractivity contribution in [3.05, 3.63) is 60.6 Å². The Balaban J connectivity index is 1.28. The van der Waals surface area contributed by atoms with Crippen LogP contribution in [0.4, 0.5) is 10.6 Å². The van der Waals surface area contributed by atoms with Crippen LogP contribution >= 0.6 is 0 Å². The molecule has 4 aromatic rings. The number of fused-ring (bicyclic) bond motifs is 1. The highest BCUT2D eigenvalue weighted by atomic mass is 16.5. The number of benzene rings is 2. The second-order valence-corrected chi connectivity index (χ2v) is 8.84. The van der Waals surface area contributed by atoms with Gasteiger partial charge >= 0.3 is 6.03 Å². The van der Waals surface area contributed by atoms with Gasteiger partial charge in [0.05, 0.1) is 21.3 Å². The van der Waals surface area contributed by atoms with E-state index in [1.54, 1.807) is 32.0 Å². The number of amides is 2. The highest BCUT2D eigenvalue weighted by Crippen LogP contribution is 2.36. The first kappa shape index (κ1) is 25.1. The van der Waals surface area contributed by atoms with Crippen LogP contribution in [0.3, 0.4) is 0 Å².